The molecule has 0 saturated heterocycles. The number of para-hydroxylation sites is 2. The van der Waals surface area contributed by atoms with Gasteiger partial charge in [-0.2, -0.15) is 0 Å². The van der Waals surface area contributed by atoms with E-state index in [0.717, 1.165) is 11.9 Å². The van der Waals surface area contributed by atoms with Crippen molar-refractivity contribution in [1.82, 2.24) is 4.31 Å². The number of carbonyl (C=O) groups excluding carboxylic acids is 2. The summed E-state index contributed by atoms with van der Waals surface area (Å²) in [5, 5.41) is 0. The number of ether oxygens (including phenoxy) is 2. The van der Waals surface area contributed by atoms with E-state index >= 15 is 0 Å². The number of hydrogen-bond donors (Lipinski definition) is 2. The van der Waals surface area contributed by atoms with Gasteiger partial charge in [0.2, 0.25) is 0 Å². The lowest BCUT2D eigenvalue weighted by Gasteiger charge is -2.21. The van der Waals surface area contributed by atoms with E-state index in [1.807, 2.05) is 0 Å². The average molecular weight is 361 g/mol. The Balaban J connectivity index is 2.14. The van der Waals surface area contributed by atoms with Crippen molar-refractivity contribution in [3.8, 4) is 0 Å². The number of anilines is 2. The molecule has 0 bridgehead atoms. The molecule has 0 radical (unpaired) electrons. The minimum atomic E-state index is -1.19. The molecule has 0 aliphatic carbocycles. The first-order valence-corrected chi connectivity index (χ1v) is 8.17. The zero-order valence-corrected chi connectivity index (χ0v) is 14.7. The minimum absolute atomic E-state index is 0.196. The van der Waals surface area contributed by atoms with Crippen LogP contribution in [0.1, 0.15) is 20.7 Å². The third-order valence-corrected chi connectivity index (χ3v) is 3.85. The summed E-state index contributed by atoms with van der Waals surface area (Å²) in [6.07, 6.45) is 0. The van der Waals surface area contributed by atoms with Gasteiger partial charge in [0, 0.05) is 23.3 Å². The van der Waals surface area contributed by atoms with Crippen LogP contribution in [0.4, 0.5) is 11.4 Å². The first-order valence-electron chi connectivity index (χ1n) is 7.33. The third-order valence-electron chi connectivity index (χ3n) is 3.06. The molecule has 0 aliphatic rings. The minimum Gasteiger partial charge on any atom is -0.410 e. The van der Waals surface area contributed by atoms with Crippen molar-refractivity contribution in [1.29, 1.82) is 0 Å². The Morgan fingerprint density at radius 1 is 0.880 bits per heavy atom. The van der Waals surface area contributed by atoms with Gasteiger partial charge >= 0.3 is 17.6 Å². The zero-order chi connectivity index (χ0) is 18.4. The lowest BCUT2D eigenvalue weighted by molar-refractivity contribution is -0.0349. The second-order valence-corrected chi connectivity index (χ2v) is 6.52. The molecule has 132 valence electrons. The van der Waals surface area contributed by atoms with Crippen molar-refractivity contribution in [3.05, 3.63) is 59.7 Å². The van der Waals surface area contributed by atoms with Gasteiger partial charge in [-0.1, -0.05) is 24.3 Å². The molecule has 2 rings (SSSR count). The summed E-state index contributed by atoms with van der Waals surface area (Å²) in [5.41, 5.74) is 11.3. The highest BCUT2D eigenvalue weighted by Crippen LogP contribution is 2.22. The Bertz CT molecular complexity index is 708. The summed E-state index contributed by atoms with van der Waals surface area (Å²) in [5.74, 6) is -1.38. The fourth-order valence-corrected chi connectivity index (χ4v) is 2.51. The van der Waals surface area contributed by atoms with Gasteiger partial charge in [0.15, 0.2) is 0 Å². The fourth-order valence-electron chi connectivity index (χ4n) is 1.91. The Kier molecular flexibility index (Phi) is 6.26. The van der Waals surface area contributed by atoms with Crippen LogP contribution in [0.25, 0.3) is 0 Å². The van der Waals surface area contributed by atoms with E-state index in [0.29, 0.717) is 0 Å². The maximum Gasteiger partial charge on any atom is 0.344 e. The number of nitrogen functional groups attached to an aromatic ring is 2. The van der Waals surface area contributed by atoms with Gasteiger partial charge < -0.3 is 20.9 Å². The van der Waals surface area contributed by atoms with E-state index in [9.17, 15) is 9.59 Å². The van der Waals surface area contributed by atoms with Crippen molar-refractivity contribution in [2.75, 3.05) is 25.6 Å². The molecule has 0 unspecified atom stereocenters. The van der Waals surface area contributed by atoms with Gasteiger partial charge in [0.1, 0.15) is 0 Å². The Morgan fingerprint density at radius 3 is 1.64 bits per heavy atom. The van der Waals surface area contributed by atoms with Crippen molar-refractivity contribution in [2.45, 2.75) is 5.62 Å². The lowest BCUT2D eigenvalue weighted by Crippen LogP contribution is -2.25. The average Bonchev–Trinajstić information content (AvgIpc) is 2.54. The largest absolute Gasteiger partial charge is 0.410 e. The molecule has 0 aromatic heterocycles. The standard InChI is InChI=1S/C17H19N3O4S/c1-20(2)25-17(23-15(21)11-7-3-5-9-13(11)18)24-16(22)12-8-4-6-10-14(12)19/h3-10,17H,18-19H2,1-2H3. The van der Waals surface area contributed by atoms with E-state index in [1.165, 1.54) is 12.1 Å². The molecular weight excluding hydrogens is 342 g/mol. The Morgan fingerprint density at radius 2 is 1.28 bits per heavy atom. The number of benzene rings is 2. The number of hydrogen-bond acceptors (Lipinski definition) is 8. The Hall–Kier alpha value is -2.71. The first-order chi connectivity index (χ1) is 11.9. The molecule has 0 heterocycles. The van der Waals surface area contributed by atoms with Crippen LogP contribution in [0, 0.1) is 0 Å². The SMILES string of the molecule is CN(C)SC(OC(=O)c1ccccc1N)OC(=O)c1ccccc1N. The zero-order valence-electron chi connectivity index (χ0n) is 13.8. The number of nitrogens with zero attached hydrogens (tertiary/aromatic N) is 1. The molecular formula is C17H19N3O4S. The highest BCUT2D eigenvalue weighted by Gasteiger charge is 2.24. The fraction of sp³-hybridized carbons (Fsp3) is 0.176. The maximum atomic E-state index is 12.3. The molecule has 0 amide bonds. The van der Waals surface area contributed by atoms with Crippen molar-refractivity contribution in [3.63, 3.8) is 0 Å². The van der Waals surface area contributed by atoms with Crippen molar-refractivity contribution < 1.29 is 19.1 Å². The van der Waals surface area contributed by atoms with Gasteiger partial charge in [0.25, 0.3) is 0 Å². The first kappa shape index (κ1) is 18.6. The van der Waals surface area contributed by atoms with Gasteiger partial charge in [0.05, 0.1) is 11.1 Å². The van der Waals surface area contributed by atoms with Crippen molar-refractivity contribution >= 4 is 35.3 Å². The summed E-state index contributed by atoms with van der Waals surface area (Å²) >= 11 is 1.02. The summed E-state index contributed by atoms with van der Waals surface area (Å²) in [6.45, 7) is 0. The molecule has 0 saturated carbocycles. The highest BCUT2D eigenvalue weighted by molar-refractivity contribution is 7.97. The van der Waals surface area contributed by atoms with Gasteiger partial charge in [-0.3, -0.25) is 4.31 Å². The molecule has 25 heavy (non-hydrogen) atoms. The van der Waals surface area contributed by atoms with Crippen LogP contribution in [-0.2, 0) is 9.47 Å². The highest BCUT2D eigenvalue weighted by atomic mass is 32.2. The van der Waals surface area contributed by atoms with E-state index in [2.05, 4.69) is 0 Å². The molecule has 2 aromatic rings. The predicted molar refractivity (Wildman–Crippen MR) is 97.6 cm³/mol. The predicted octanol–water partition coefficient (Wildman–Crippen LogP) is 2.36. The molecule has 4 N–H and O–H groups in total. The monoisotopic (exact) mass is 361 g/mol. The van der Waals surface area contributed by atoms with Crippen LogP contribution in [-0.4, -0.2) is 36.0 Å². The summed E-state index contributed by atoms with van der Waals surface area (Å²) in [7, 11) is 3.46. The normalized spacial score (nSPS) is 10.7. The number of rotatable bonds is 6. The number of esters is 2. The van der Waals surface area contributed by atoms with Crippen LogP contribution < -0.4 is 11.5 Å². The molecule has 7 nitrogen and oxygen atoms in total. The second-order valence-electron chi connectivity index (χ2n) is 5.19. The molecule has 0 fully saturated rings. The third kappa shape index (κ3) is 5.13. The summed E-state index contributed by atoms with van der Waals surface area (Å²) in [6, 6.07) is 13.0. The number of carbonyl (C=O) groups is 2. The van der Waals surface area contributed by atoms with Crippen LogP contribution in [0.2, 0.25) is 0 Å². The van der Waals surface area contributed by atoms with E-state index < -0.39 is 17.6 Å². The summed E-state index contributed by atoms with van der Waals surface area (Å²) < 4.78 is 12.2. The smallest absolute Gasteiger partial charge is 0.344 e. The van der Waals surface area contributed by atoms with E-state index in [4.69, 9.17) is 20.9 Å². The topological polar surface area (TPSA) is 108 Å². The van der Waals surface area contributed by atoms with Gasteiger partial charge in [-0.25, -0.2) is 9.59 Å². The van der Waals surface area contributed by atoms with Crippen LogP contribution in [0.5, 0.6) is 0 Å². The number of nitrogens with two attached hydrogens (primary N) is 2. The molecule has 2 aromatic carbocycles. The van der Waals surface area contributed by atoms with E-state index in [-0.39, 0.29) is 22.5 Å². The molecule has 0 aliphatic heterocycles. The lowest BCUT2D eigenvalue weighted by atomic mass is 10.2. The quantitative estimate of drug-likeness (QED) is 0.349. The van der Waals surface area contributed by atoms with Crippen LogP contribution in [0.15, 0.2) is 48.5 Å². The Labute approximate surface area is 150 Å². The second kappa shape index (κ2) is 8.41. The molecule has 0 atom stereocenters. The van der Waals surface area contributed by atoms with Crippen LogP contribution in [0.3, 0.4) is 0 Å². The van der Waals surface area contributed by atoms with E-state index in [1.54, 1.807) is 54.8 Å². The van der Waals surface area contributed by atoms with Crippen LogP contribution >= 0.6 is 11.9 Å². The van der Waals surface area contributed by atoms with Gasteiger partial charge in [-0.05, 0) is 38.4 Å². The van der Waals surface area contributed by atoms with Gasteiger partial charge in [-0.15, -0.1) is 0 Å². The molecule has 8 heteroatoms. The maximum absolute atomic E-state index is 12.3. The van der Waals surface area contributed by atoms with Crippen molar-refractivity contribution in [2.24, 2.45) is 0 Å². The molecule has 0 spiro atoms. The summed E-state index contributed by atoms with van der Waals surface area (Å²) in [4.78, 5) is 24.6.